The molecule has 6 rings (SSSR count). The van der Waals surface area contributed by atoms with E-state index in [9.17, 15) is 14.4 Å². The van der Waals surface area contributed by atoms with Gasteiger partial charge in [-0.25, -0.2) is 9.78 Å². The van der Waals surface area contributed by atoms with Crippen LogP contribution in [0.4, 0.5) is 5.13 Å². The van der Waals surface area contributed by atoms with Crippen LogP contribution in [0.25, 0.3) is 11.0 Å². The molecule has 1 amide bonds. The number of carbonyl (C=O) groups excluding carboxylic acids is 2. The van der Waals surface area contributed by atoms with Gasteiger partial charge < -0.3 is 13.9 Å². The van der Waals surface area contributed by atoms with E-state index in [4.69, 9.17) is 13.9 Å². The van der Waals surface area contributed by atoms with E-state index in [2.05, 4.69) is 27.5 Å². The molecule has 3 aromatic carbocycles. The highest BCUT2D eigenvalue weighted by molar-refractivity contribution is 9.10. The van der Waals surface area contributed by atoms with Crippen LogP contribution in [0.3, 0.4) is 0 Å². The molecule has 0 fully saturated rings. The Balaban J connectivity index is 1.44. The van der Waals surface area contributed by atoms with Crippen molar-refractivity contribution >= 4 is 55.2 Å². The number of halogens is 1. The Labute approximate surface area is 253 Å². The number of ether oxygens (including phenoxy) is 2. The molecule has 0 spiro atoms. The fourth-order valence-corrected chi connectivity index (χ4v) is 6.17. The Morgan fingerprint density at radius 2 is 1.88 bits per heavy atom. The van der Waals surface area contributed by atoms with E-state index < -0.39 is 17.9 Å². The molecule has 8 nitrogen and oxygen atoms in total. The van der Waals surface area contributed by atoms with Gasteiger partial charge in [-0.1, -0.05) is 82.4 Å². The van der Waals surface area contributed by atoms with Gasteiger partial charge in [0.1, 0.15) is 29.4 Å². The lowest BCUT2D eigenvalue weighted by atomic mass is 9.98. The van der Waals surface area contributed by atoms with Gasteiger partial charge in [-0.2, -0.15) is 0 Å². The largest absolute Gasteiger partial charge is 0.489 e. The quantitative estimate of drug-likeness (QED) is 0.133. The fraction of sp³-hybridized carbons (Fsp3) is 0.125. The van der Waals surface area contributed by atoms with Crippen molar-refractivity contribution in [2.45, 2.75) is 19.6 Å². The normalized spacial score (nSPS) is 14.2. The minimum absolute atomic E-state index is 0.0431. The number of amides is 1. The summed E-state index contributed by atoms with van der Waals surface area (Å²) in [6, 6.07) is 21.2. The molecular weight excluding hydrogens is 620 g/mol. The number of hydrogen-bond donors (Lipinski definition) is 0. The highest BCUT2D eigenvalue weighted by Gasteiger charge is 2.45. The third-order valence-electron chi connectivity index (χ3n) is 6.79. The summed E-state index contributed by atoms with van der Waals surface area (Å²) in [5.74, 6) is -0.527. The van der Waals surface area contributed by atoms with E-state index in [1.807, 2.05) is 42.5 Å². The molecule has 1 aliphatic rings. The molecule has 3 heterocycles. The highest BCUT2D eigenvalue weighted by Crippen LogP contribution is 2.43. The highest BCUT2D eigenvalue weighted by atomic mass is 79.9. The second kappa shape index (κ2) is 11.4. The second-order valence-electron chi connectivity index (χ2n) is 9.53. The summed E-state index contributed by atoms with van der Waals surface area (Å²) in [7, 11) is 0. The Morgan fingerprint density at radius 1 is 1.12 bits per heavy atom. The Morgan fingerprint density at radius 3 is 2.62 bits per heavy atom. The van der Waals surface area contributed by atoms with Gasteiger partial charge in [-0.05, 0) is 48.4 Å². The number of fused-ring (bicyclic) bond motifs is 2. The van der Waals surface area contributed by atoms with E-state index in [-0.39, 0.29) is 33.4 Å². The van der Waals surface area contributed by atoms with Crippen molar-refractivity contribution in [2.75, 3.05) is 11.5 Å². The average molecular weight is 644 g/mol. The monoisotopic (exact) mass is 642 g/mol. The molecule has 210 valence electrons. The molecule has 0 aliphatic carbocycles. The SMILES string of the molecule is C=CCOC(=O)c1sc(N2C(=O)c3oc4ccc(Br)cc4c(=O)c3C2c2ccc(OCc3ccccc3)cc2)nc1C. The first-order chi connectivity index (χ1) is 20.4. The minimum atomic E-state index is -0.849. The smallest absolute Gasteiger partial charge is 0.350 e. The molecule has 0 N–H and O–H groups in total. The van der Waals surface area contributed by atoms with E-state index in [1.54, 1.807) is 37.3 Å². The molecule has 42 heavy (non-hydrogen) atoms. The lowest BCUT2D eigenvalue weighted by Gasteiger charge is -2.22. The van der Waals surface area contributed by atoms with Crippen LogP contribution in [-0.2, 0) is 11.3 Å². The minimum Gasteiger partial charge on any atom is -0.489 e. The zero-order valence-corrected chi connectivity index (χ0v) is 24.7. The number of benzene rings is 3. The predicted octanol–water partition coefficient (Wildman–Crippen LogP) is 6.99. The van der Waals surface area contributed by atoms with Crippen LogP contribution in [0.15, 0.2) is 99.1 Å². The summed E-state index contributed by atoms with van der Waals surface area (Å²) in [4.78, 5) is 46.7. The first-order valence-corrected chi connectivity index (χ1v) is 14.6. The number of thiazole rings is 1. The summed E-state index contributed by atoms with van der Waals surface area (Å²) < 4.78 is 17.9. The molecule has 1 atom stereocenters. The first kappa shape index (κ1) is 27.6. The maximum absolute atomic E-state index is 13.9. The molecule has 5 aromatic rings. The number of aromatic nitrogens is 1. The lowest BCUT2D eigenvalue weighted by Crippen LogP contribution is -2.29. The van der Waals surface area contributed by atoms with Gasteiger partial charge in [0.15, 0.2) is 10.6 Å². The second-order valence-corrected chi connectivity index (χ2v) is 11.4. The summed E-state index contributed by atoms with van der Waals surface area (Å²) in [5.41, 5.74) is 2.26. The van der Waals surface area contributed by atoms with Gasteiger partial charge in [0.2, 0.25) is 5.76 Å². The summed E-state index contributed by atoms with van der Waals surface area (Å²) >= 11 is 4.44. The van der Waals surface area contributed by atoms with Crippen molar-refractivity contribution in [3.05, 3.63) is 133 Å². The average Bonchev–Trinajstić information content (AvgIpc) is 3.53. The van der Waals surface area contributed by atoms with Crippen molar-refractivity contribution in [3.8, 4) is 5.75 Å². The molecule has 2 aromatic heterocycles. The number of anilines is 1. The Kier molecular flexibility index (Phi) is 7.49. The third-order valence-corrected chi connectivity index (χ3v) is 8.42. The van der Waals surface area contributed by atoms with Crippen molar-refractivity contribution in [1.82, 2.24) is 4.98 Å². The van der Waals surface area contributed by atoms with Crippen LogP contribution in [0, 0.1) is 6.92 Å². The van der Waals surface area contributed by atoms with Crippen molar-refractivity contribution in [2.24, 2.45) is 0 Å². The maximum atomic E-state index is 13.9. The molecule has 0 saturated carbocycles. The van der Waals surface area contributed by atoms with Gasteiger partial charge in [0.05, 0.1) is 22.7 Å². The van der Waals surface area contributed by atoms with Crippen LogP contribution in [0.2, 0.25) is 0 Å². The van der Waals surface area contributed by atoms with Crippen LogP contribution in [0.1, 0.15) is 48.7 Å². The number of hydrogen-bond acceptors (Lipinski definition) is 8. The van der Waals surface area contributed by atoms with Gasteiger partial charge in [-0.15, -0.1) is 0 Å². The van der Waals surface area contributed by atoms with Crippen molar-refractivity contribution < 1.29 is 23.5 Å². The van der Waals surface area contributed by atoms with Crippen molar-refractivity contribution in [1.29, 1.82) is 0 Å². The number of rotatable bonds is 8. The van der Waals surface area contributed by atoms with Crippen LogP contribution in [-0.4, -0.2) is 23.5 Å². The van der Waals surface area contributed by atoms with Crippen LogP contribution >= 0.6 is 27.3 Å². The van der Waals surface area contributed by atoms with Gasteiger partial charge in [0, 0.05) is 4.47 Å². The fourth-order valence-electron chi connectivity index (χ4n) is 4.82. The van der Waals surface area contributed by atoms with Crippen molar-refractivity contribution in [3.63, 3.8) is 0 Å². The maximum Gasteiger partial charge on any atom is 0.350 e. The van der Waals surface area contributed by atoms with Crippen LogP contribution in [0.5, 0.6) is 5.75 Å². The summed E-state index contributed by atoms with van der Waals surface area (Å²) in [6.07, 6.45) is 1.47. The first-order valence-electron chi connectivity index (χ1n) is 13.0. The number of esters is 1. The Bertz CT molecular complexity index is 1900. The predicted molar refractivity (Wildman–Crippen MR) is 163 cm³/mol. The number of aryl methyl sites for hydroxylation is 1. The molecular formula is C32H23BrN2O6S. The van der Waals surface area contributed by atoms with E-state index in [1.165, 1.54) is 11.0 Å². The molecule has 1 aliphatic heterocycles. The van der Waals surface area contributed by atoms with Gasteiger partial charge in [-0.3, -0.25) is 14.5 Å². The molecule has 0 bridgehead atoms. The zero-order chi connectivity index (χ0) is 29.4. The zero-order valence-electron chi connectivity index (χ0n) is 22.3. The third kappa shape index (κ3) is 5.03. The molecule has 0 radical (unpaired) electrons. The van der Waals surface area contributed by atoms with Gasteiger partial charge in [0.25, 0.3) is 5.91 Å². The van der Waals surface area contributed by atoms with E-state index >= 15 is 0 Å². The summed E-state index contributed by atoms with van der Waals surface area (Å²) in [5, 5.41) is 0.586. The van der Waals surface area contributed by atoms with E-state index in [0.717, 1.165) is 16.9 Å². The number of carbonyl (C=O) groups is 2. The van der Waals surface area contributed by atoms with Crippen LogP contribution < -0.4 is 15.1 Å². The topological polar surface area (TPSA) is 98.9 Å². The standard InChI is InChI=1S/C32H23BrN2O6S/c1-3-15-39-31(38)29-18(2)34-32(42-29)35-26(20-9-12-22(13-10-20)40-17-19-7-5-4-6-8-19)25-27(36)23-16-21(33)11-14-24(23)41-28(25)30(35)37/h3-14,16,26H,1,15,17H2,2H3. The van der Waals surface area contributed by atoms with E-state index in [0.29, 0.717) is 39.1 Å². The lowest BCUT2D eigenvalue weighted by molar-refractivity contribution is 0.0554. The Hall–Kier alpha value is -4.54. The number of nitrogens with zero attached hydrogens (tertiary/aromatic N) is 2. The summed E-state index contributed by atoms with van der Waals surface area (Å²) in [6.45, 7) is 5.67. The van der Waals surface area contributed by atoms with Gasteiger partial charge >= 0.3 is 5.97 Å². The molecule has 0 saturated heterocycles. The molecule has 10 heteroatoms. The molecule has 1 unspecified atom stereocenters.